The monoisotopic (exact) mass is 405 g/mol. The fourth-order valence-corrected chi connectivity index (χ4v) is 4.58. The molecule has 1 saturated heterocycles. The molecule has 158 valence electrons. The number of nitrogens with one attached hydrogen (secondary N) is 1. The van der Waals surface area contributed by atoms with Crippen molar-refractivity contribution in [1.82, 2.24) is 15.2 Å². The molecule has 1 aliphatic carbocycles. The van der Waals surface area contributed by atoms with E-state index in [1.54, 1.807) is 6.20 Å². The molecule has 0 radical (unpaired) electrons. The summed E-state index contributed by atoms with van der Waals surface area (Å²) in [6.07, 6.45) is 7.88. The molecule has 30 heavy (non-hydrogen) atoms. The highest BCUT2D eigenvalue weighted by Crippen LogP contribution is 2.39. The van der Waals surface area contributed by atoms with Crippen LogP contribution in [0.4, 0.5) is 0 Å². The molecule has 2 fully saturated rings. The van der Waals surface area contributed by atoms with Crippen molar-refractivity contribution in [3.8, 4) is 11.1 Å². The first-order valence-electron chi connectivity index (χ1n) is 11.1. The number of rotatable bonds is 6. The molecular formula is C25H31N3O2. The molecule has 1 N–H and O–H groups in total. The number of amides is 2. The second-order valence-corrected chi connectivity index (χ2v) is 9.12. The zero-order chi connectivity index (χ0) is 21.1. The number of likely N-dealkylation sites (tertiary alicyclic amines) is 1. The van der Waals surface area contributed by atoms with Crippen LogP contribution in [0.1, 0.15) is 45.1 Å². The summed E-state index contributed by atoms with van der Waals surface area (Å²) in [6, 6.07) is 12.3. The van der Waals surface area contributed by atoms with Gasteiger partial charge in [-0.1, -0.05) is 30.3 Å². The van der Waals surface area contributed by atoms with E-state index in [-0.39, 0.29) is 23.8 Å². The molecule has 2 aromatic rings. The van der Waals surface area contributed by atoms with E-state index in [0.29, 0.717) is 13.0 Å². The topological polar surface area (TPSA) is 62.3 Å². The van der Waals surface area contributed by atoms with Gasteiger partial charge in [-0.05, 0) is 63.1 Å². The molecule has 1 atom stereocenters. The highest BCUT2D eigenvalue weighted by Gasteiger charge is 2.46. The minimum Gasteiger partial charge on any atom is -0.353 e. The van der Waals surface area contributed by atoms with Crippen molar-refractivity contribution < 1.29 is 9.59 Å². The Kier molecular flexibility index (Phi) is 5.89. The Labute approximate surface area is 178 Å². The van der Waals surface area contributed by atoms with Gasteiger partial charge in [-0.2, -0.15) is 0 Å². The second kappa shape index (κ2) is 8.58. The number of aromatic nitrogens is 1. The molecule has 2 heterocycles. The van der Waals surface area contributed by atoms with E-state index in [9.17, 15) is 9.59 Å². The number of hydrogen-bond donors (Lipinski definition) is 1. The van der Waals surface area contributed by atoms with Gasteiger partial charge >= 0.3 is 0 Å². The molecule has 0 bridgehead atoms. The van der Waals surface area contributed by atoms with Crippen LogP contribution in [-0.2, 0) is 16.0 Å². The molecule has 5 heteroatoms. The average molecular weight is 406 g/mol. The largest absolute Gasteiger partial charge is 0.353 e. The summed E-state index contributed by atoms with van der Waals surface area (Å²) in [4.78, 5) is 32.5. The van der Waals surface area contributed by atoms with Crippen molar-refractivity contribution >= 4 is 11.8 Å². The van der Waals surface area contributed by atoms with E-state index in [1.807, 2.05) is 43.1 Å². The molecule has 1 aromatic heterocycles. The van der Waals surface area contributed by atoms with Gasteiger partial charge in [0, 0.05) is 43.0 Å². The zero-order valence-electron chi connectivity index (χ0n) is 17.9. The standard InChI is InChI=1S/C25H31N3O2/c1-18(2)27-24(30)25(12-6-14-28(17-25)23(29)19-10-11-19)15-20-7-3-4-9-22(20)21-8-5-13-26-16-21/h3-5,7-9,13,16,18-19H,6,10-12,14-15,17H2,1-2H3,(H,27,30)/t25-/m1/s1. The molecule has 4 rings (SSSR count). The summed E-state index contributed by atoms with van der Waals surface area (Å²) < 4.78 is 0. The molecule has 0 unspecified atom stereocenters. The number of hydrogen-bond acceptors (Lipinski definition) is 3. The lowest BCUT2D eigenvalue weighted by Crippen LogP contribution is -2.55. The summed E-state index contributed by atoms with van der Waals surface area (Å²) >= 11 is 0. The maximum atomic E-state index is 13.5. The predicted octanol–water partition coefficient (Wildman–Crippen LogP) is 3.83. The van der Waals surface area contributed by atoms with Crippen molar-refractivity contribution in [2.24, 2.45) is 11.3 Å². The average Bonchev–Trinajstić information content (AvgIpc) is 3.59. The zero-order valence-corrected chi connectivity index (χ0v) is 17.9. The Morgan fingerprint density at radius 3 is 2.70 bits per heavy atom. The first-order chi connectivity index (χ1) is 14.5. The SMILES string of the molecule is CC(C)NC(=O)[C@@]1(Cc2ccccc2-c2cccnc2)CCCN(C(=O)C2CC2)C1. The van der Waals surface area contributed by atoms with E-state index in [1.165, 1.54) is 0 Å². The van der Waals surface area contributed by atoms with Gasteiger partial charge in [0.25, 0.3) is 0 Å². The number of carbonyl (C=O) groups is 2. The molecule has 1 aromatic carbocycles. The molecule has 1 aliphatic heterocycles. The summed E-state index contributed by atoms with van der Waals surface area (Å²) in [7, 11) is 0. The fraction of sp³-hybridized carbons (Fsp3) is 0.480. The quantitative estimate of drug-likeness (QED) is 0.794. The minimum absolute atomic E-state index is 0.0618. The Bertz CT molecular complexity index is 908. The van der Waals surface area contributed by atoms with Crippen LogP contribution in [0.5, 0.6) is 0 Å². The lowest BCUT2D eigenvalue weighted by atomic mass is 9.73. The van der Waals surface area contributed by atoms with Gasteiger partial charge in [0.05, 0.1) is 5.41 Å². The molecule has 2 amide bonds. The molecule has 0 spiro atoms. The molecular weight excluding hydrogens is 374 g/mol. The Morgan fingerprint density at radius 1 is 1.20 bits per heavy atom. The van der Waals surface area contributed by atoms with E-state index in [0.717, 1.165) is 48.9 Å². The van der Waals surface area contributed by atoms with Crippen molar-refractivity contribution in [3.05, 3.63) is 54.4 Å². The van der Waals surface area contributed by atoms with Gasteiger partial charge in [0.15, 0.2) is 0 Å². The third kappa shape index (κ3) is 4.40. The van der Waals surface area contributed by atoms with Crippen LogP contribution in [0.25, 0.3) is 11.1 Å². The Balaban J connectivity index is 1.67. The van der Waals surface area contributed by atoms with Crippen LogP contribution in [0.15, 0.2) is 48.8 Å². The van der Waals surface area contributed by atoms with Crippen LogP contribution >= 0.6 is 0 Å². The van der Waals surface area contributed by atoms with E-state index >= 15 is 0 Å². The van der Waals surface area contributed by atoms with Crippen LogP contribution in [0.2, 0.25) is 0 Å². The first kappa shape index (κ1) is 20.6. The molecule has 5 nitrogen and oxygen atoms in total. The summed E-state index contributed by atoms with van der Waals surface area (Å²) in [5.41, 5.74) is 2.68. The highest BCUT2D eigenvalue weighted by molar-refractivity contribution is 5.86. The van der Waals surface area contributed by atoms with Gasteiger partial charge in [0.1, 0.15) is 0 Å². The van der Waals surface area contributed by atoms with Crippen molar-refractivity contribution in [3.63, 3.8) is 0 Å². The van der Waals surface area contributed by atoms with Crippen LogP contribution in [0, 0.1) is 11.3 Å². The van der Waals surface area contributed by atoms with Crippen LogP contribution in [0.3, 0.4) is 0 Å². The van der Waals surface area contributed by atoms with Crippen molar-refractivity contribution in [2.45, 2.75) is 52.0 Å². The second-order valence-electron chi connectivity index (χ2n) is 9.12. The maximum Gasteiger partial charge on any atom is 0.228 e. The highest BCUT2D eigenvalue weighted by atomic mass is 16.2. The number of benzene rings is 1. The lowest BCUT2D eigenvalue weighted by molar-refractivity contribution is -0.142. The molecule has 1 saturated carbocycles. The van der Waals surface area contributed by atoms with Crippen LogP contribution < -0.4 is 5.32 Å². The molecule has 2 aliphatic rings. The summed E-state index contributed by atoms with van der Waals surface area (Å²) in [5, 5.41) is 3.15. The predicted molar refractivity (Wildman–Crippen MR) is 118 cm³/mol. The normalized spacial score (nSPS) is 21.5. The maximum absolute atomic E-state index is 13.5. The van der Waals surface area contributed by atoms with E-state index < -0.39 is 5.41 Å². The number of nitrogens with zero attached hydrogens (tertiary/aromatic N) is 2. The summed E-state index contributed by atoms with van der Waals surface area (Å²) in [6.45, 7) is 5.24. The third-order valence-corrected chi connectivity index (χ3v) is 6.24. The van der Waals surface area contributed by atoms with Crippen molar-refractivity contribution in [2.75, 3.05) is 13.1 Å². The first-order valence-corrected chi connectivity index (χ1v) is 11.1. The number of piperidine rings is 1. The van der Waals surface area contributed by atoms with Gasteiger partial charge in [-0.25, -0.2) is 0 Å². The Hall–Kier alpha value is -2.69. The number of pyridine rings is 1. The van der Waals surface area contributed by atoms with Crippen molar-refractivity contribution in [1.29, 1.82) is 0 Å². The third-order valence-electron chi connectivity index (χ3n) is 6.24. The van der Waals surface area contributed by atoms with Gasteiger partial charge in [-0.15, -0.1) is 0 Å². The van der Waals surface area contributed by atoms with E-state index in [2.05, 4.69) is 28.5 Å². The minimum atomic E-state index is -0.606. The number of carbonyl (C=O) groups excluding carboxylic acids is 2. The fourth-order valence-electron chi connectivity index (χ4n) is 4.58. The van der Waals surface area contributed by atoms with Gasteiger partial charge < -0.3 is 10.2 Å². The summed E-state index contributed by atoms with van der Waals surface area (Å²) in [5.74, 6) is 0.473. The van der Waals surface area contributed by atoms with Gasteiger partial charge in [0.2, 0.25) is 11.8 Å². The van der Waals surface area contributed by atoms with E-state index in [4.69, 9.17) is 0 Å². The van der Waals surface area contributed by atoms with Crippen LogP contribution in [-0.4, -0.2) is 40.8 Å². The lowest BCUT2D eigenvalue weighted by Gasteiger charge is -2.42. The Morgan fingerprint density at radius 2 is 2.00 bits per heavy atom. The smallest absolute Gasteiger partial charge is 0.228 e. The van der Waals surface area contributed by atoms with Gasteiger partial charge in [-0.3, -0.25) is 14.6 Å².